The van der Waals surface area contributed by atoms with E-state index in [-0.39, 0.29) is 21.0 Å². The van der Waals surface area contributed by atoms with Crippen molar-refractivity contribution in [3.05, 3.63) is 26.7 Å². The van der Waals surface area contributed by atoms with Gasteiger partial charge >= 0.3 is 0 Å². The molecule has 0 saturated carbocycles. The number of nitrogens with two attached hydrogens (primary N) is 1. The molecule has 1 aliphatic rings. The van der Waals surface area contributed by atoms with Gasteiger partial charge in [-0.2, -0.15) is 4.31 Å². The molecule has 1 aliphatic heterocycles. The first-order chi connectivity index (χ1) is 8.34. The number of halogens is 3. The third kappa shape index (κ3) is 2.55. The Kier molecular flexibility index (Phi) is 4.26. The van der Waals surface area contributed by atoms with Gasteiger partial charge in [0.05, 0.1) is 10.0 Å². The van der Waals surface area contributed by atoms with Crippen LogP contribution in [-0.2, 0) is 10.0 Å². The van der Waals surface area contributed by atoms with Crippen LogP contribution in [0.5, 0.6) is 0 Å². The molecule has 1 aromatic rings. The molecule has 1 aromatic carbocycles. The van der Waals surface area contributed by atoms with Crippen LogP contribution in [0.2, 0.25) is 10.0 Å². The summed E-state index contributed by atoms with van der Waals surface area (Å²) in [4.78, 5) is 0.0199. The second-order valence-electron chi connectivity index (χ2n) is 4.09. The zero-order valence-corrected chi connectivity index (χ0v) is 13.2. The van der Waals surface area contributed by atoms with Crippen LogP contribution in [0.15, 0.2) is 21.5 Å². The van der Waals surface area contributed by atoms with Gasteiger partial charge in [0.15, 0.2) is 0 Å². The maximum atomic E-state index is 12.4. The van der Waals surface area contributed by atoms with Gasteiger partial charge in [-0.25, -0.2) is 8.42 Å². The molecule has 18 heavy (non-hydrogen) atoms. The van der Waals surface area contributed by atoms with Crippen LogP contribution in [-0.4, -0.2) is 31.9 Å². The maximum absolute atomic E-state index is 12.4. The van der Waals surface area contributed by atoms with E-state index in [0.717, 1.165) is 0 Å². The van der Waals surface area contributed by atoms with Gasteiger partial charge in [0.25, 0.3) is 0 Å². The fraction of sp³-hybridized carbons (Fsp3) is 0.400. The Balaban J connectivity index is 2.45. The van der Waals surface area contributed by atoms with Crippen molar-refractivity contribution in [1.29, 1.82) is 0 Å². The minimum absolute atomic E-state index is 0.0199. The Hall–Kier alpha value is 0.150. The molecule has 0 aromatic heterocycles. The van der Waals surface area contributed by atoms with Crippen LogP contribution < -0.4 is 5.73 Å². The molecular formula is C10H11BrCl2N2O2S. The minimum Gasteiger partial charge on any atom is -0.326 e. The van der Waals surface area contributed by atoms with Gasteiger partial charge in [0.2, 0.25) is 10.0 Å². The van der Waals surface area contributed by atoms with Crippen molar-refractivity contribution in [3.63, 3.8) is 0 Å². The third-order valence-electron chi connectivity index (χ3n) is 2.81. The molecule has 2 rings (SSSR count). The highest BCUT2D eigenvalue weighted by atomic mass is 79.9. The molecule has 1 heterocycles. The van der Waals surface area contributed by atoms with Gasteiger partial charge in [-0.1, -0.05) is 23.2 Å². The van der Waals surface area contributed by atoms with Gasteiger partial charge in [-0.3, -0.25) is 0 Å². The third-order valence-corrected chi connectivity index (χ3v) is 6.60. The second kappa shape index (κ2) is 5.26. The van der Waals surface area contributed by atoms with Crippen LogP contribution >= 0.6 is 39.1 Å². The topological polar surface area (TPSA) is 63.4 Å². The van der Waals surface area contributed by atoms with Crippen molar-refractivity contribution in [1.82, 2.24) is 4.31 Å². The predicted octanol–water partition coefficient (Wildman–Crippen LogP) is 2.48. The summed E-state index contributed by atoms with van der Waals surface area (Å²) in [6.07, 6.45) is 0.654. The minimum atomic E-state index is -3.63. The highest BCUT2D eigenvalue weighted by Crippen LogP contribution is 2.36. The first kappa shape index (κ1) is 14.6. The van der Waals surface area contributed by atoms with Crippen LogP contribution in [0.25, 0.3) is 0 Å². The lowest BCUT2D eigenvalue weighted by Gasteiger charge is -2.17. The lowest BCUT2D eigenvalue weighted by Crippen LogP contribution is -2.32. The number of rotatable bonds is 2. The zero-order valence-electron chi connectivity index (χ0n) is 9.24. The van der Waals surface area contributed by atoms with Gasteiger partial charge in [0, 0.05) is 23.6 Å². The standard InChI is InChI=1S/C10H11BrCl2N2O2S/c11-7-1-2-8(10(13)9(7)12)18(16,17)15-4-3-6(14)5-15/h1-2,6H,3-5,14H2/t6-/m1/s1. The molecule has 0 bridgehead atoms. The van der Waals surface area contributed by atoms with Crippen molar-refractivity contribution in [2.24, 2.45) is 5.73 Å². The van der Waals surface area contributed by atoms with Crippen LogP contribution in [0.3, 0.4) is 0 Å². The predicted molar refractivity (Wildman–Crippen MR) is 75.5 cm³/mol. The first-order valence-electron chi connectivity index (χ1n) is 5.23. The van der Waals surface area contributed by atoms with Crippen molar-refractivity contribution in [3.8, 4) is 0 Å². The first-order valence-corrected chi connectivity index (χ1v) is 8.22. The average Bonchev–Trinajstić information content (AvgIpc) is 2.73. The molecule has 1 atom stereocenters. The van der Waals surface area contributed by atoms with Gasteiger partial charge in [-0.05, 0) is 34.5 Å². The summed E-state index contributed by atoms with van der Waals surface area (Å²) in [5.41, 5.74) is 5.72. The van der Waals surface area contributed by atoms with Gasteiger partial charge in [-0.15, -0.1) is 0 Å². The van der Waals surface area contributed by atoms with Crippen LogP contribution in [0, 0.1) is 0 Å². The van der Waals surface area contributed by atoms with Crippen molar-refractivity contribution in [2.75, 3.05) is 13.1 Å². The molecule has 2 N–H and O–H groups in total. The highest BCUT2D eigenvalue weighted by Gasteiger charge is 2.33. The smallest absolute Gasteiger partial charge is 0.244 e. The molecular weight excluding hydrogens is 363 g/mol. The number of benzene rings is 1. The fourth-order valence-corrected chi connectivity index (χ4v) is 4.52. The Morgan fingerprint density at radius 2 is 2.00 bits per heavy atom. The van der Waals surface area contributed by atoms with E-state index in [1.807, 2.05) is 0 Å². The largest absolute Gasteiger partial charge is 0.326 e. The maximum Gasteiger partial charge on any atom is 0.244 e. The summed E-state index contributed by atoms with van der Waals surface area (Å²) >= 11 is 15.1. The lowest BCUT2D eigenvalue weighted by atomic mass is 10.3. The summed E-state index contributed by atoms with van der Waals surface area (Å²) in [6, 6.07) is 2.89. The Morgan fingerprint density at radius 3 is 2.56 bits per heavy atom. The van der Waals surface area contributed by atoms with Crippen molar-refractivity contribution < 1.29 is 8.42 Å². The second-order valence-corrected chi connectivity index (χ2v) is 7.60. The Bertz CT molecular complexity index is 579. The van der Waals surface area contributed by atoms with Gasteiger partial charge in [0.1, 0.15) is 4.90 Å². The highest BCUT2D eigenvalue weighted by molar-refractivity contribution is 9.10. The lowest BCUT2D eigenvalue weighted by molar-refractivity contribution is 0.472. The Morgan fingerprint density at radius 1 is 1.33 bits per heavy atom. The normalized spacial score (nSPS) is 21.4. The monoisotopic (exact) mass is 372 g/mol. The fourth-order valence-electron chi connectivity index (χ4n) is 1.82. The van der Waals surface area contributed by atoms with E-state index in [0.29, 0.717) is 24.0 Å². The summed E-state index contributed by atoms with van der Waals surface area (Å²) < 4.78 is 26.7. The molecule has 1 saturated heterocycles. The molecule has 0 unspecified atom stereocenters. The number of sulfonamides is 1. The SMILES string of the molecule is N[C@@H]1CCN(S(=O)(=O)c2ccc(Br)c(Cl)c2Cl)C1. The molecule has 100 valence electrons. The molecule has 0 aliphatic carbocycles. The van der Waals surface area contributed by atoms with E-state index in [1.165, 1.54) is 10.4 Å². The van der Waals surface area contributed by atoms with E-state index >= 15 is 0 Å². The van der Waals surface area contributed by atoms with E-state index in [1.54, 1.807) is 6.07 Å². The van der Waals surface area contributed by atoms with E-state index in [9.17, 15) is 8.42 Å². The van der Waals surface area contributed by atoms with Crippen molar-refractivity contribution in [2.45, 2.75) is 17.4 Å². The van der Waals surface area contributed by atoms with E-state index in [2.05, 4.69) is 15.9 Å². The summed E-state index contributed by atoms with van der Waals surface area (Å²) in [6.45, 7) is 0.722. The summed E-state index contributed by atoms with van der Waals surface area (Å²) in [5, 5.41) is 0.229. The zero-order chi connectivity index (χ0) is 13.5. The van der Waals surface area contributed by atoms with E-state index < -0.39 is 10.0 Å². The molecule has 1 fully saturated rings. The molecule has 0 amide bonds. The molecule has 0 spiro atoms. The van der Waals surface area contributed by atoms with Crippen molar-refractivity contribution >= 4 is 49.2 Å². The average molecular weight is 374 g/mol. The molecule has 8 heteroatoms. The van der Waals surface area contributed by atoms with E-state index in [4.69, 9.17) is 28.9 Å². The number of hydrogen-bond donors (Lipinski definition) is 1. The van der Waals surface area contributed by atoms with Crippen LogP contribution in [0.4, 0.5) is 0 Å². The van der Waals surface area contributed by atoms with Crippen LogP contribution in [0.1, 0.15) is 6.42 Å². The molecule has 4 nitrogen and oxygen atoms in total. The quantitative estimate of drug-likeness (QED) is 0.810. The summed E-state index contributed by atoms with van der Waals surface area (Å²) in [5.74, 6) is 0. The number of nitrogens with zero attached hydrogens (tertiary/aromatic N) is 1. The number of hydrogen-bond acceptors (Lipinski definition) is 3. The Labute approximate surface area is 124 Å². The molecule has 0 radical (unpaired) electrons. The van der Waals surface area contributed by atoms with Gasteiger partial charge < -0.3 is 5.73 Å². The summed E-state index contributed by atoms with van der Waals surface area (Å²) in [7, 11) is -3.63.